The third-order valence-corrected chi connectivity index (χ3v) is 3.17. The molecule has 0 saturated carbocycles. The van der Waals surface area contributed by atoms with Crippen LogP contribution in [0.25, 0.3) is 0 Å². The van der Waals surface area contributed by atoms with Gasteiger partial charge in [-0.2, -0.15) is 5.26 Å². The largest absolute Gasteiger partial charge is 0.338 e. The molecule has 0 spiro atoms. The number of carbonyl (C=O) groups excluding carboxylic acids is 2. The second kappa shape index (κ2) is 6.01. The number of hydrogen-bond donors (Lipinski definition) is 0. The van der Waals surface area contributed by atoms with Gasteiger partial charge in [0.2, 0.25) is 5.91 Å². The van der Waals surface area contributed by atoms with Crippen LogP contribution in [0.4, 0.5) is 0 Å². The second-order valence-electron chi connectivity index (χ2n) is 4.37. The standard InChI is InChI=1S/C14H15N3O2/c15-7-6-13(18)16-8-10-17(11-9-16)14(19)12-4-2-1-3-5-12/h1-5H,6,8-11H2. The van der Waals surface area contributed by atoms with Gasteiger partial charge in [0.05, 0.1) is 6.07 Å². The summed E-state index contributed by atoms with van der Waals surface area (Å²) in [6.45, 7) is 2.04. The Morgan fingerprint density at radius 3 is 2.21 bits per heavy atom. The second-order valence-corrected chi connectivity index (χ2v) is 4.37. The minimum Gasteiger partial charge on any atom is -0.338 e. The predicted octanol–water partition coefficient (Wildman–Crippen LogP) is 0.885. The highest BCUT2D eigenvalue weighted by atomic mass is 16.2. The van der Waals surface area contributed by atoms with Crippen molar-refractivity contribution in [2.24, 2.45) is 0 Å². The minimum absolute atomic E-state index is 0.00650. The molecule has 1 saturated heterocycles. The molecule has 0 aromatic heterocycles. The van der Waals surface area contributed by atoms with E-state index in [1.165, 1.54) is 0 Å². The molecule has 1 heterocycles. The molecule has 1 aromatic rings. The highest BCUT2D eigenvalue weighted by molar-refractivity contribution is 5.94. The Bertz CT molecular complexity index is 499. The number of amides is 2. The van der Waals surface area contributed by atoms with E-state index in [-0.39, 0.29) is 18.2 Å². The zero-order valence-corrected chi connectivity index (χ0v) is 10.6. The third-order valence-electron chi connectivity index (χ3n) is 3.17. The van der Waals surface area contributed by atoms with Crippen molar-refractivity contribution in [3.8, 4) is 6.07 Å². The molecule has 19 heavy (non-hydrogen) atoms. The van der Waals surface area contributed by atoms with Crippen molar-refractivity contribution in [1.82, 2.24) is 9.80 Å². The van der Waals surface area contributed by atoms with Crippen molar-refractivity contribution in [3.05, 3.63) is 35.9 Å². The zero-order valence-electron chi connectivity index (χ0n) is 10.6. The van der Waals surface area contributed by atoms with Crippen LogP contribution in [0, 0.1) is 11.3 Å². The van der Waals surface area contributed by atoms with Crippen molar-refractivity contribution < 1.29 is 9.59 Å². The van der Waals surface area contributed by atoms with Gasteiger partial charge in [-0.1, -0.05) is 18.2 Å². The fourth-order valence-corrected chi connectivity index (χ4v) is 2.10. The summed E-state index contributed by atoms with van der Waals surface area (Å²) in [4.78, 5) is 27.1. The van der Waals surface area contributed by atoms with E-state index in [1.54, 1.807) is 21.9 Å². The third kappa shape index (κ3) is 3.10. The first-order chi connectivity index (χ1) is 9.22. The van der Waals surface area contributed by atoms with Crippen LogP contribution in [0.3, 0.4) is 0 Å². The molecular formula is C14H15N3O2. The Balaban J connectivity index is 1.92. The molecule has 1 aliphatic heterocycles. The van der Waals surface area contributed by atoms with E-state index in [0.29, 0.717) is 31.7 Å². The summed E-state index contributed by atoms with van der Waals surface area (Å²) in [5.74, 6) is -0.165. The van der Waals surface area contributed by atoms with Gasteiger partial charge in [-0.3, -0.25) is 9.59 Å². The van der Waals surface area contributed by atoms with Crippen molar-refractivity contribution in [2.75, 3.05) is 26.2 Å². The van der Waals surface area contributed by atoms with E-state index in [0.717, 1.165) is 0 Å². The summed E-state index contributed by atoms with van der Waals surface area (Å²) in [5, 5.41) is 8.49. The SMILES string of the molecule is N#CCC(=O)N1CCN(C(=O)c2ccccc2)CC1. The van der Waals surface area contributed by atoms with E-state index in [1.807, 2.05) is 24.3 Å². The number of carbonyl (C=O) groups is 2. The van der Waals surface area contributed by atoms with Crippen molar-refractivity contribution in [3.63, 3.8) is 0 Å². The maximum atomic E-state index is 12.2. The highest BCUT2D eigenvalue weighted by Gasteiger charge is 2.24. The molecule has 0 N–H and O–H groups in total. The molecule has 2 amide bonds. The number of rotatable bonds is 2. The lowest BCUT2D eigenvalue weighted by atomic mass is 10.2. The normalized spacial score (nSPS) is 14.9. The van der Waals surface area contributed by atoms with E-state index in [9.17, 15) is 9.59 Å². The summed E-state index contributed by atoms with van der Waals surface area (Å²) in [6.07, 6.45) is -0.0906. The van der Waals surface area contributed by atoms with E-state index < -0.39 is 0 Å². The number of nitriles is 1. The number of hydrogen-bond acceptors (Lipinski definition) is 3. The number of benzene rings is 1. The van der Waals surface area contributed by atoms with Crippen LogP contribution in [0.5, 0.6) is 0 Å². The first kappa shape index (κ1) is 13.1. The van der Waals surface area contributed by atoms with E-state index in [4.69, 9.17) is 5.26 Å². The first-order valence-corrected chi connectivity index (χ1v) is 6.21. The molecule has 2 rings (SSSR count). The van der Waals surface area contributed by atoms with Crippen LogP contribution in [-0.4, -0.2) is 47.8 Å². The van der Waals surface area contributed by atoms with Gasteiger partial charge < -0.3 is 9.80 Å². The van der Waals surface area contributed by atoms with E-state index in [2.05, 4.69) is 0 Å². The van der Waals surface area contributed by atoms with Gasteiger partial charge in [-0.05, 0) is 12.1 Å². The molecule has 1 fully saturated rings. The average molecular weight is 257 g/mol. The van der Waals surface area contributed by atoms with Crippen LogP contribution in [-0.2, 0) is 4.79 Å². The Hall–Kier alpha value is -2.35. The average Bonchev–Trinajstić information content (AvgIpc) is 2.48. The quantitative estimate of drug-likeness (QED) is 0.790. The first-order valence-electron chi connectivity index (χ1n) is 6.21. The molecule has 0 aliphatic carbocycles. The minimum atomic E-state index is -0.158. The molecule has 5 heteroatoms. The molecule has 0 atom stereocenters. The van der Waals surface area contributed by atoms with Gasteiger partial charge >= 0.3 is 0 Å². The molecule has 1 aliphatic rings. The van der Waals surface area contributed by atoms with Gasteiger partial charge in [-0.25, -0.2) is 0 Å². The number of nitrogens with zero attached hydrogens (tertiary/aromatic N) is 3. The van der Waals surface area contributed by atoms with Gasteiger partial charge in [0, 0.05) is 31.7 Å². The lowest BCUT2D eigenvalue weighted by Gasteiger charge is -2.34. The topological polar surface area (TPSA) is 64.4 Å². The summed E-state index contributed by atoms with van der Waals surface area (Å²) in [7, 11) is 0. The summed E-state index contributed by atoms with van der Waals surface area (Å²) in [5.41, 5.74) is 0.666. The van der Waals surface area contributed by atoms with Gasteiger partial charge in [0.25, 0.3) is 5.91 Å². The van der Waals surface area contributed by atoms with Gasteiger partial charge in [0.1, 0.15) is 6.42 Å². The Morgan fingerprint density at radius 2 is 1.63 bits per heavy atom. The van der Waals surface area contributed by atoms with Crippen LogP contribution in [0.2, 0.25) is 0 Å². The Labute approximate surface area is 112 Å². The predicted molar refractivity (Wildman–Crippen MR) is 69.2 cm³/mol. The van der Waals surface area contributed by atoms with Gasteiger partial charge in [0.15, 0.2) is 0 Å². The molecule has 98 valence electrons. The molecule has 1 aromatic carbocycles. The fourth-order valence-electron chi connectivity index (χ4n) is 2.10. The Kier molecular flexibility index (Phi) is 4.14. The van der Waals surface area contributed by atoms with Crippen molar-refractivity contribution in [1.29, 1.82) is 5.26 Å². The lowest BCUT2D eigenvalue weighted by molar-refractivity contribution is -0.131. The molecule has 0 bridgehead atoms. The molecule has 5 nitrogen and oxygen atoms in total. The van der Waals surface area contributed by atoms with Crippen LogP contribution in [0.1, 0.15) is 16.8 Å². The van der Waals surface area contributed by atoms with Crippen LogP contribution >= 0.6 is 0 Å². The summed E-state index contributed by atoms with van der Waals surface area (Å²) < 4.78 is 0. The fraction of sp³-hybridized carbons (Fsp3) is 0.357. The van der Waals surface area contributed by atoms with Gasteiger partial charge in [-0.15, -0.1) is 0 Å². The van der Waals surface area contributed by atoms with E-state index >= 15 is 0 Å². The smallest absolute Gasteiger partial charge is 0.253 e. The van der Waals surface area contributed by atoms with Crippen molar-refractivity contribution >= 4 is 11.8 Å². The lowest BCUT2D eigenvalue weighted by Crippen LogP contribution is -2.50. The number of piperazine rings is 1. The molecular weight excluding hydrogens is 242 g/mol. The maximum Gasteiger partial charge on any atom is 0.253 e. The molecule has 0 unspecified atom stereocenters. The van der Waals surface area contributed by atoms with Crippen LogP contribution in [0.15, 0.2) is 30.3 Å². The maximum absolute atomic E-state index is 12.2. The van der Waals surface area contributed by atoms with Crippen molar-refractivity contribution in [2.45, 2.75) is 6.42 Å². The summed E-state index contributed by atoms with van der Waals surface area (Å²) >= 11 is 0. The highest BCUT2D eigenvalue weighted by Crippen LogP contribution is 2.09. The summed E-state index contributed by atoms with van der Waals surface area (Å²) in [6, 6.07) is 11.0. The Morgan fingerprint density at radius 1 is 1.05 bits per heavy atom. The molecule has 0 radical (unpaired) electrons. The monoisotopic (exact) mass is 257 g/mol. The zero-order chi connectivity index (χ0) is 13.7. The van der Waals surface area contributed by atoms with Crippen LogP contribution < -0.4 is 0 Å².